The average molecular weight is 318 g/mol. The summed E-state index contributed by atoms with van der Waals surface area (Å²) in [6.45, 7) is 3.67. The van der Waals surface area contributed by atoms with Crippen molar-refractivity contribution in [1.29, 1.82) is 0 Å². The molecule has 0 aromatic carbocycles. The first-order valence-electron chi connectivity index (χ1n) is 7.72. The van der Waals surface area contributed by atoms with Crippen LogP contribution in [0.25, 0.3) is 0 Å². The second-order valence-corrected chi connectivity index (χ2v) is 5.63. The molecule has 0 spiro atoms. The summed E-state index contributed by atoms with van der Waals surface area (Å²) in [5.74, 6) is 3.12. The minimum absolute atomic E-state index is 0.0894. The first-order valence-corrected chi connectivity index (χ1v) is 7.72. The molecular weight excluding hydrogens is 296 g/mol. The van der Waals surface area contributed by atoms with Crippen LogP contribution >= 0.6 is 0 Å². The van der Waals surface area contributed by atoms with Crippen molar-refractivity contribution < 1.29 is 9.47 Å². The van der Waals surface area contributed by atoms with E-state index in [1.165, 1.54) is 0 Å². The Labute approximate surface area is 135 Å². The lowest BCUT2D eigenvalue weighted by molar-refractivity contribution is 0.177. The van der Waals surface area contributed by atoms with Crippen LogP contribution in [0.2, 0.25) is 0 Å². The lowest BCUT2D eigenvalue weighted by Gasteiger charge is -2.23. The van der Waals surface area contributed by atoms with Crippen LogP contribution in [0.5, 0.6) is 0 Å². The van der Waals surface area contributed by atoms with E-state index in [9.17, 15) is 0 Å². The van der Waals surface area contributed by atoms with E-state index >= 15 is 0 Å². The number of nitrogens with zero attached hydrogens (tertiary/aromatic N) is 5. The van der Waals surface area contributed by atoms with Gasteiger partial charge in [-0.3, -0.25) is 0 Å². The Bertz CT molecular complexity index is 672. The summed E-state index contributed by atoms with van der Waals surface area (Å²) in [4.78, 5) is 13.5. The highest BCUT2D eigenvalue weighted by Gasteiger charge is 2.24. The number of aromatic nitrogens is 5. The monoisotopic (exact) mass is 318 g/mol. The zero-order valence-electron chi connectivity index (χ0n) is 13.7. The summed E-state index contributed by atoms with van der Waals surface area (Å²) in [7, 11) is 3.29. The van der Waals surface area contributed by atoms with Crippen LogP contribution in [0.4, 0.5) is 5.82 Å². The first kappa shape index (κ1) is 15.8. The highest BCUT2D eigenvalue weighted by Crippen LogP contribution is 2.27. The summed E-state index contributed by atoms with van der Waals surface area (Å²) < 4.78 is 12.2. The standard InChI is InChI=1S/C15H22N6O2/c1-10-7-12(18-13(16-10)8-22-2)17-11-5-4-6-21-15(11)19-14(20-21)9-23-3/h7,11H,4-6,8-9H2,1-3H3,(H,16,17,18). The maximum Gasteiger partial charge on any atom is 0.176 e. The van der Waals surface area contributed by atoms with E-state index in [4.69, 9.17) is 9.47 Å². The zero-order chi connectivity index (χ0) is 16.2. The molecule has 3 rings (SSSR count). The smallest absolute Gasteiger partial charge is 0.176 e. The van der Waals surface area contributed by atoms with E-state index in [0.29, 0.717) is 19.0 Å². The van der Waals surface area contributed by atoms with Crippen molar-refractivity contribution in [2.45, 2.75) is 45.6 Å². The van der Waals surface area contributed by atoms with Crippen molar-refractivity contribution in [3.8, 4) is 0 Å². The third-order valence-electron chi connectivity index (χ3n) is 3.69. The molecule has 8 nitrogen and oxygen atoms in total. The van der Waals surface area contributed by atoms with Gasteiger partial charge in [0.15, 0.2) is 11.6 Å². The average Bonchev–Trinajstić information content (AvgIpc) is 2.91. The van der Waals surface area contributed by atoms with Crippen molar-refractivity contribution in [2.75, 3.05) is 19.5 Å². The predicted octanol–water partition coefficient (Wildman–Crippen LogP) is 1.62. The van der Waals surface area contributed by atoms with Crippen molar-refractivity contribution in [3.63, 3.8) is 0 Å². The van der Waals surface area contributed by atoms with Crippen LogP contribution in [0, 0.1) is 6.92 Å². The van der Waals surface area contributed by atoms with Crippen LogP contribution in [-0.4, -0.2) is 39.0 Å². The van der Waals surface area contributed by atoms with Crippen molar-refractivity contribution >= 4 is 5.82 Å². The van der Waals surface area contributed by atoms with E-state index < -0.39 is 0 Å². The van der Waals surface area contributed by atoms with Crippen LogP contribution in [0.15, 0.2) is 6.07 Å². The van der Waals surface area contributed by atoms with Crippen LogP contribution in [-0.2, 0) is 29.2 Å². The number of fused-ring (bicyclic) bond motifs is 1. The number of hydrogen-bond acceptors (Lipinski definition) is 7. The Morgan fingerprint density at radius 2 is 1.96 bits per heavy atom. The van der Waals surface area contributed by atoms with Gasteiger partial charge in [0, 0.05) is 32.5 Å². The minimum atomic E-state index is 0.0894. The molecule has 1 aliphatic heterocycles. The molecule has 0 fully saturated rings. The highest BCUT2D eigenvalue weighted by molar-refractivity contribution is 5.38. The maximum atomic E-state index is 5.12. The number of rotatable bonds is 6. The normalized spacial score (nSPS) is 17.1. The molecule has 1 atom stereocenters. The summed E-state index contributed by atoms with van der Waals surface area (Å²) in [6.07, 6.45) is 2.04. The van der Waals surface area contributed by atoms with Gasteiger partial charge in [0.1, 0.15) is 24.9 Å². The van der Waals surface area contributed by atoms with Crippen LogP contribution in [0.1, 0.15) is 42.1 Å². The maximum absolute atomic E-state index is 5.12. The molecule has 3 heterocycles. The summed E-state index contributed by atoms with van der Waals surface area (Å²) in [5, 5.41) is 7.95. The number of hydrogen-bond donors (Lipinski definition) is 1. The molecule has 0 saturated carbocycles. The fourth-order valence-corrected chi connectivity index (χ4v) is 2.80. The summed E-state index contributed by atoms with van der Waals surface area (Å²) in [6, 6.07) is 2.02. The van der Waals surface area contributed by atoms with Gasteiger partial charge >= 0.3 is 0 Å². The Kier molecular flexibility index (Phi) is 4.82. The number of nitrogens with one attached hydrogen (secondary N) is 1. The predicted molar refractivity (Wildman–Crippen MR) is 83.8 cm³/mol. The molecule has 0 aliphatic carbocycles. The topological polar surface area (TPSA) is 87.0 Å². The molecule has 1 N–H and O–H groups in total. The molecule has 124 valence electrons. The Morgan fingerprint density at radius 1 is 1.17 bits per heavy atom. The third-order valence-corrected chi connectivity index (χ3v) is 3.69. The number of aryl methyl sites for hydroxylation is 2. The molecule has 2 aromatic heterocycles. The molecule has 0 bridgehead atoms. The number of ether oxygens (including phenoxy) is 2. The van der Waals surface area contributed by atoms with Crippen molar-refractivity contribution in [3.05, 3.63) is 29.2 Å². The van der Waals surface area contributed by atoms with Crippen molar-refractivity contribution in [2.24, 2.45) is 0 Å². The minimum Gasteiger partial charge on any atom is -0.377 e. The third kappa shape index (κ3) is 3.65. The van der Waals surface area contributed by atoms with Crippen LogP contribution < -0.4 is 5.32 Å². The van der Waals surface area contributed by atoms with Gasteiger partial charge in [0.25, 0.3) is 0 Å². The second-order valence-electron chi connectivity index (χ2n) is 5.63. The van der Waals surface area contributed by atoms with Crippen molar-refractivity contribution in [1.82, 2.24) is 24.7 Å². The summed E-state index contributed by atoms with van der Waals surface area (Å²) in [5.41, 5.74) is 0.909. The fraction of sp³-hybridized carbons (Fsp3) is 0.600. The quantitative estimate of drug-likeness (QED) is 0.866. The Morgan fingerprint density at radius 3 is 2.74 bits per heavy atom. The van der Waals surface area contributed by atoms with Gasteiger partial charge in [-0.2, -0.15) is 5.10 Å². The molecule has 2 aromatic rings. The van der Waals surface area contributed by atoms with Crippen LogP contribution in [0.3, 0.4) is 0 Å². The van der Waals surface area contributed by atoms with Gasteiger partial charge in [-0.1, -0.05) is 0 Å². The molecule has 23 heavy (non-hydrogen) atoms. The van der Waals surface area contributed by atoms with Gasteiger partial charge < -0.3 is 14.8 Å². The molecule has 0 radical (unpaired) electrons. The molecule has 8 heteroatoms. The Hall–Kier alpha value is -2.06. The second kappa shape index (κ2) is 7.01. The fourth-order valence-electron chi connectivity index (χ4n) is 2.80. The lowest BCUT2D eigenvalue weighted by Crippen LogP contribution is -2.23. The van der Waals surface area contributed by atoms with E-state index in [-0.39, 0.29) is 6.04 Å². The molecule has 0 saturated heterocycles. The molecular formula is C15H22N6O2. The van der Waals surface area contributed by atoms with E-state index in [0.717, 1.165) is 42.5 Å². The first-order chi connectivity index (χ1) is 11.2. The Balaban J connectivity index is 1.81. The number of methoxy groups -OCH3 is 2. The number of anilines is 1. The van der Waals surface area contributed by atoms with Gasteiger partial charge in [-0.05, 0) is 19.8 Å². The largest absolute Gasteiger partial charge is 0.377 e. The van der Waals surface area contributed by atoms with Gasteiger partial charge in [-0.25, -0.2) is 19.6 Å². The zero-order valence-corrected chi connectivity index (χ0v) is 13.7. The van der Waals surface area contributed by atoms with E-state index in [2.05, 4.69) is 25.4 Å². The molecule has 1 aliphatic rings. The van der Waals surface area contributed by atoms with Gasteiger partial charge in [0.05, 0.1) is 6.04 Å². The van der Waals surface area contributed by atoms with Gasteiger partial charge in [0.2, 0.25) is 0 Å². The van der Waals surface area contributed by atoms with E-state index in [1.807, 2.05) is 17.7 Å². The highest BCUT2D eigenvalue weighted by atomic mass is 16.5. The van der Waals surface area contributed by atoms with Gasteiger partial charge in [-0.15, -0.1) is 0 Å². The molecule has 0 amide bonds. The van der Waals surface area contributed by atoms with E-state index in [1.54, 1.807) is 14.2 Å². The SMILES string of the molecule is COCc1nc(C)cc(NC2CCCn3nc(COC)nc32)n1. The lowest BCUT2D eigenvalue weighted by atomic mass is 10.1. The molecule has 1 unspecified atom stereocenters. The summed E-state index contributed by atoms with van der Waals surface area (Å²) >= 11 is 0.